The first-order valence-corrected chi connectivity index (χ1v) is 10.2. The number of thiazole rings is 1. The van der Waals surface area contributed by atoms with Gasteiger partial charge >= 0.3 is 0 Å². The number of anilines is 1. The van der Waals surface area contributed by atoms with Gasteiger partial charge in [0.1, 0.15) is 17.1 Å². The van der Waals surface area contributed by atoms with Crippen LogP contribution in [-0.2, 0) is 5.60 Å². The lowest BCUT2D eigenvalue weighted by Crippen LogP contribution is -2.40. The average Bonchev–Trinajstić information content (AvgIpc) is 3.29. The number of nitrogens with one attached hydrogen (secondary N) is 3. The SMILES string of the molecule is CCNC(=NCC(C)(O)c1ccc(C)o1)NCCNc1nc2ccccc2s1.I. The van der Waals surface area contributed by atoms with Crippen molar-refractivity contribution in [3.8, 4) is 0 Å². The van der Waals surface area contributed by atoms with Gasteiger partial charge in [-0.15, -0.1) is 24.0 Å². The van der Waals surface area contributed by atoms with Gasteiger partial charge in [-0.2, -0.15) is 0 Å². The second kappa shape index (κ2) is 10.8. The summed E-state index contributed by atoms with van der Waals surface area (Å²) in [5, 5.41) is 21.3. The number of furan rings is 1. The van der Waals surface area contributed by atoms with E-state index in [4.69, 9.17) is 4.42 Å². The summed E-state index contributed by atoms with van der Waals surface area (Å²) in [5.41, 5.74) is -0.149. The van der Waals surface area contributed by atoms with Crippen LogP contribution in [0.2, 0.25) is 0 Å². The van der Waals surface area contributed by atoms with Crippen LogP contribution in [-0.4, -0.2) is 42.2 Å². The van der Waals surface area contributed by atoms with Crippen LogP contribution in [0.1, 0.15) is 25.4 Å². The minimum Gasteiger partial charge on any atom is -0.463 e. The first-order chi connectivity index (χ1) is 13.5. The lowest BCUT2D eigenvalue weighted by atomic mass is 10.0. The number of aromatic nitrogens is 1. The van der Waals surface area contributed by atoms with E-state index in [1.165, 1.54) is 4.70 Å². The summed E-state index contributed by atoms with van der Waals surface area (Å²) in [6, 6.07) is 11.7. The molecule has 9 heteroatoms. The third-order valence-corrected chi connectivity index (χ3v) is 5.14. The Morgan fingerprint density at radius 1 is 1.21 bits per heavy atom. The standard InChI is InChI=1S/C20H27N5O2S.HI/c1-4-21-18(24-13-20(3,26)17-10-9-14(2)27-17)22-11-12-23-19-25-15-7-5-6-8-16(15)28-19;/h5-10,26H,4,11-13H2,1-3H3,(H,23,25)(H2,21,22,24);1H. The van der Waals surface area contributed by atoms with Crippen molar-refractivity contribution in [1.29, 1.82) is 0 Å². The number of aliphatic imine (C=N–C) groups is 1. The van der Waals surface area contributed by atoms with Crippen LogP contribution in [0.5, 0.6) is 0 Å². The molecular weight excluding hydrogens is 501 g/mol. The number of hydrogen-bond donors (Lipinski definition) is 4. The van der Waals surface area contributed by atoms with Crippen LogP contribution in [0.15, 0.2) is 45.8 Å². The Morgan fingerprint density at radius 3 is 2.69 bits per heavy atom. The molecular formula is C20H28IN5O2S. The molecule has 0 aliphatic heterocycles. The first kappa shape index (κ1) is 23.4. The minimum absolute atomic E-state index is 0. The van der Waals surface area contributed by atoms with Gasteiger partial charge in [0.05, 0.1) is 16.8 Å². The lowest BCUT2D eigenvalue weighted by molar-refractivity contribution is 0.0428. The largest absolute Gasteiger partial charge is 0.463 e. The monoisotopic (exact) mass is 529 g/mol. The fraction of sp³-hybridized carbons (Fsp3) is 0.400. The quantitative estimate of drug-likeness (QED) is 0.154. The van der Waals surface area contributed by atoms with E-state index in [-0.39, 0.29) is 30.5 Å². The van der Waals surface area contributed by atoms with Crippen LogP contribution < -0.4 is 16.0 Å². The fourth-order valence-electron chi connectivity index (χ4n) is 2.67. The zero-order chi connectivity index (χ0) is 20.0. The maximum absolute atomic E-state index is 10.6. The Hall–Kier alpha value is -1.85. The van der Waals surface area contributed by atoms with Gasteiger partial charge in [0.25, 0.3) is 0 Å². The molecule has 0 spiro atoms. The van der Waals surface area contributed by atoms with Crippen molar-refractivity contribution in [2.75, 3.05) is 31.5 Å². The summed E-state index contributed by atoms with van der Waals surface area (Å²) in [6.07, 6.45) is 0. The molecule has 0 saturated heterocycles. The molecule has 3 rings (SSSR count). The van der Waals surface area contributed by atoms with E-state index >= 15 is 0 Å². The van der Waals surface area contributed by atoms with Gasteiger partial charge in [0.15, 0.2) is 11.1 Å². The van der Waals surface area contributed by atoms with Crippen LogP contribution in [0, 0.1) is 6.92 Å². The van der Waals surface area contributed by atoms with Gasteiger partial charge < -0.3 is 25.5 Å². The second-order valence-electron chi connectivity index (χ2n) is 6.72. The molecule has 158 valence electrons. The van der Waals surface area contributed by atoms with E-state index in [2.05, 4.69) is 32.0 Å². The normalized spacial score (nSPS) is 13.6. The number of halogens is 1. The maximum Gasteiger partial charge on any atom is 0.191 e. The number of guanidine groups is 1. The van der Waals surface area contributed by atoms with E-state index in [0.29, 0.717) is 24.8 Å². The molecule has 2 aromatic heterocycles. The molecule has 0 amide bonds. The van der Waals surface area contributed by atoms with Crippen molar-refractivity contribution in [3.05, 3.63) is 47.9 Å². The lowest BCUT2D eigenvalue weighted by Gasteiger charge is -2.19. The Bertz CT molecular complexity index is 905. The van der Waals surface area contributed by atoms with Gasteiger partial charge in [-0.25, -0.2) is 9.98 Å². The van der Waals surface area contributed by atoms with Crippen LogP contribution in [0.25, 0.3) is 10.2 Å². The van der Waals surface area contributed by atoms with E-state index in [1.54, 1.807) is 24.3 Å². The number of nitrogens with zero attached hydrogens (tertiary/aromatic N) is 2. The van der Waals surface area contributed by atoms with Crippen LogP contribution in [0.3, 0.4) is 0 Å². The molecule has 0 bridgehead atoms. The third-order valence-electron chi connectivity index (χ3n) is 4.15. The van der Waals surface area contributed by atoms with Crippen molar-refractivity contribution < 1.29 is 9.52 Å². The topological polar surface area (TPSA) is 94.7 Å². The predicted octanol–water partition coefficient (Wildman–Crippen LogP) is 3.69. The van der Waals surface area contributed by atoms with Gasteiger partial charge in [0, 0.05) is 19.6 Å². The number of fused-ring (bicyclic) bond motifs is 1. The third kappa shape index (κ3) is 6.58. The summed E-state index contributed by atoms with van der Waals surface area (Å²) in [5.74, 6) is 1.93. The summed E-state index contributed by atoms with van der Waals surface area (Å²) < 4.78 is 6.71. The van der Waals surface area contributed by atoms with Crippen molar-refractivity contribution in [2.45, 2.75) is 26.4 Å². The van der Waals surface area contributed by atoms with Gasteiger partial charge in [0.2, 0.25) is 0 Å². The second-order valence-corrected chi connectivity index (χ2v) is 7.75. The number of hydrogen-bond acceptors (Lipinski definition) is 6. The molecule has 2 heterocycles. The molecule has 1 atom stereocenters. The minimum atomic E-state index is -1.16. The van der Waals surface area contributed by atoms with Gasteiger partial charge in [-0.3, -0.25) is 0 Å². The number of aryl methyl sites for hydroxylation is 1. The Kier molecular flexibility index (Phi) is 8.72. The van der Waals surface area contributed by atoms with Crippen LogP contribution >= 0.6 is 35.3 Å². The summed E-state index contributed by atoms with van der Waals surface area (Å²) >= 11 is 1.64. The molecule has 3 aromatic rings. The molecule has 29 heavy (non-hydrogen) atoms. The zero-order valence-electron chi connectivity index (χ0n) is 16.9. The van der Waals surface area contributed by atoms with Crippen molar-refractivity contribution in [1.82, 2.24) is 15.6 Å². The average molecular weight is 529 g/mol. The highest BCUT2D eigenvalue weighted by Gasteiger charge is 2.26. The highest BCUT2D eigenvalue weighted by molar-refractivity contribution is 14.0. The molecule has 0 fully saturated rings. The molecule has 7 nitrogen and oxygen atoms in total. The van der Waals surface area contributed by atoms with E-state index < -0.39 is 5.60 Å². The summed E-state index contributed by atoms with van der Waals surface area (Å²) in [6.45, 7) is 7.87. The molecule has 1 unspecified atom stereocenters. The van der Waals surface area contributed by atoms with Crippen molar-refractivity contribution >= 4 is 56.6 Å². The highest BCUT2D eigenvalue weighted by Crippen LogP contribution is 2.25. The van der Waals surface area contributed by atoms with Gasteiger partial charge in [-0.1, -0.05) is 23.5 Å². The maximum atomic E-state index is 10.6. The van der Waals surface area contributed by atoms with Crippen molar-refractivity contribution in [2.24, 2.45) is 4.99 Å². The Morgan fingerprint density at radius 2 is 2.00 bits per heavy atom. The molecule has 0 radical (unpaired) electrons. The number of benzene rings is 1. The number of para-hydroxylation sites is 1. The predicted molar refractivity (Wildman–Crippen MR) is 131 cm³/mol. The molecule has 4 N–H and O–H groups in total. The van der Waals surface area contributed by atoms with Crippen molar-refractivity contribution in [3.63, 3.8) is 0 Å². The zero-order valence-corrected chi connectivity index (χ0v) is 20.0. The molecule has 0 aliphatic carbocycles. The number of aliphatic hydroxyl groups is 1. The summed E-state index contributed by atoms with van der Waals surface area (Å²) in [7, 11) is 0. The van der Waals surface area contributed by atoms with Gasteiger partial charge in [-0.05, 0) is 45.0 Å². The fourth-order valence-corrected chi connectivity index (χ4v) is 3.57. The Labute approximate surface area is 192 Å². The first-order valence-electron chi connectivity index (χ1n) is 9.39. The highest BCUT2D eigenvalue weighted by atomic mass is 127. The van der Waals surface area contributed by atoms with Crippen LogP contribution in [0.4, 0.5) is 5.13 Å². The summed E-state index contributed by atoms with van der Waals surface area (Å²) in [4.78, 5) is 9.05. The Balaban J connectivity index is 0.00000300. The van der Waals surface area contributed by atoms with E-state index in [1.807, 2.05) is 38.1 Å². The number of rotatable bonds is 8. The molecule has 0 aliphatic rings. The smallest absolute Gasteiger partial charge is 0.191 e. The molecule has 1 aromatic carbocycles. The van der Waals surface area contributed by atoms with E-state index in [0.717, 1.165) is 23.0 Å². The van der Waals surface area contributed by atoms with E-state index in [9.17, 15) is 5.11 Å². The molecule has 0 saturated carbocycles.